The molecule has 0 aromatic heterocycles. The standard InChI is InChI=1S/C13H20O3S/c1-3-5-11-16-17(14,15)13-10-7-6-9-12(13)8-4-2/h6-7,9-10H,3-5,8,11H2,1-2H3. The summed E-state index contributed by atoms with van der Waals surface area (Å²) >= 11 is 0. The predicted molar refractivity (Wildman–Crippen MR) is 68.5 cm³/mol. The SMILES string of the molecule is CCCCOS(=O)(=O)c1ccccc1CCC. The molecule has 0 heterocycles. The van der Waals surface area contributed by atoms with Crippen molar-refractivity contribution in [1.82, 2.24) is 0 Å². The van der Waals surface area contributed by atoms with Gasteiger partial charge < -0.3 is 0 Å². The molecular formula is C13H20O3S. The van der Waals surface area contributed by atoms with Crippen LogP contribution in [0.1, 0.15) is 38.7 Å². The van der Waals surface area contributed by atoms with Gasteiger partial charge in [0.25, 0.3) is 10.1 Å². The minimum atomic E-state index is -3.59. The first-order chi connectivity index (χ1) is 8.11. The summed E-state index contributed by atoms with van der Waals surface area (Å²) in [7, 11) is -3.59. The Morgan fingerprint density at radius 2 is 1.82 bits per heavy atom. The van der Waals surface area contributed by atoms with Crippen molar-refractivity contribution in [3.63, 3.8) is 0 Å². The quantitative estimate of drug-likeness (QED) is 0.556. The summed E-state index contributed by atoms with van der Waals surface area (Å²) in [5.41, 5.74) is 0.839. The molecule has 0 aliphatic heterocycles. The second kappa shape index (κ2) is 6.77. The van der Waals surface area contributed by atoms with Crippen LogP contribution in [0, 0.1) is 0 Å². The summed E-state index contributed by atoms with van der Waals surface area (Å²) in [5, 5.41) is 0. The van der Waals surface area contributed by atoms with E-state index < -0.39 is 10.1 Å². The Labute approximate surface area is 104 Å². The van der Waals surface area contributed by atoms with E-state index in [9.17, 15) is 8.42 Å². The Bertz CT molecular complexity index is 438. The first-order valence-corrected chi connectivity index (χ1v) is 7.50. The van der Waals surface area contributed by atoms with Gasteiger partial charge in [0.2, 0.25) is 0 Å². The smallest absolute Gasteiger partial charge is 0.266 e. The Balaban J connectivity index is 2.89. The van der Waals surface area contributed by atoms with Crippen LogP contribution in [0.5, 0.6) is 0 Å². The Hall–Kier alpha value is -0.870. The lowest BCUT2D eigenvalue weighted by Crippen LogP contribution is -2.10. The first kappa shape index (κ1) is 14.2. The topological polar surface area (TPSA) is 43.4 Å². The van der Waals surface area contributed by atoms with Crippen molar-refractivity contribution >= 4 is 10.1 Å². The predicted octanol–water partition coefficient (Wildman–Crippen LogP) is 3.14. The zero-order valence-electron chi connectivity index (χ0n) is 10.5. The van der Waals surface area contributed by atoms with Gasteiger partial charge in [-0.25, -0.2) is 0 Å². The van der Waals surface area contributed by atoms with E-state index >= 15 is 0 Å². The molecule has 1 aromatic rings. The summed E-state index contributed by atoms with van der Waals surface area (Å²) in [6.45, 7) is 4.29. The zero-order valence-corrected chi connectivity index (χ0v) is 11.3. The van der Waals surface area contributed by atoms with Crippen LogP contribution in [0.3, 0.4) is 0 Å². The van der Waals surface area contributed by atoms with Crippen LogP contribution in [0.4, 0.5) is 0 Å². The van der Waals surface area contributed by atoms with Gasteiger partial charge in [0, 0.05) is 0 Å². The van der Waals surface area contributed by atoms with Crippen molar-refractivity contribution in [3.8, 4) is 0 Å². The van der Waals surface area contributed by atoms with Gasteiger partial charge in [0.15, 0.2) is 0 Å². The Morgan fingerprint density at radius 3 is 2.47 bits per heavy atom. The van der Waals surface area contributed by atoms with Gasteiger partial charge in [0.05, 0.1) is 11.5 Å². The van der Waals surface area contributed by atoms with Gasteiger partial charge >= 0.3 is 0 Å². The van der Waals surface area contributed by atoms with E-state index in [0.29, 0.717) is 4.90 Å². The third-order valence-corrected chi connectivity index (χ3v) is 3.91. The molecule has 0 fully saturated rings. The Morgan fingerprint density at radius 1 is 1.12 bits per heavy atom. The van der Waals surface area contributed by atoms with Gasteiger partial charge in [-0.1, -0.05) is 44.9 Å². The molecule has 1 aromatic carbocycles. The maximum atomic E-state index is 12.0. The molecule has 0 saturated carbocycles. The minimum Gasteiger partial charge on any atom is -0.266 e. The fourth-order valence-corrected chi connectivity index (χ4v) is 2.80. The maximum Gasteiger partial charge on any atom is 0.297 e. The van der Waals surface area contributed by atoms with Gasteiger partial charge in [0.1, 0.15) is 0 Å². The molecule has 0 aliphatic rings. The molecule has 0 saturated heterocycles. The number of hydrogen-bond donors (Lipinski definition) is 0. The molecule has 4 heteroatoms. The number of aryl methyl sites for hydroxylation is 1. The lowest BCUT2D eigenvalue weighted by molar-refractivity contribution is 0.310. The number of unbranched alkanes of at least 4 members (excludes halogenated alkanes) is 1. The molecular weight excluding hydrogens is 236 g/mol. The molecule has 3 nitrogen and oxygen atoms in total. The van der Waals surface area contributed by atoms with Crippen molar-refractivity contribution in [2.45, 2.75) is 44.4 Å². The molecule has 0 N–H and O–H groups in total. The van der Waals surface area contributed by atoms with Crippen molar-refractivity contribution < 1.29 is 12.6 Å². The third-order valence-electron chi connectivity index (χ3n) is 2.50. The monoisotopic (exact) mass is 256 g/mol. The van der Waals surface area contributed by atoms with Crippen LogP contribution >= 0.6 is 0 Å². The molecule has 0 radical (unpaired) electrons. The van der Waals surface area contributed by atoms with E-state index in [2.05, 4.69) is 0 Å². The molecule has 1 rings (SSSR count). The highest BCUT2D eigenvalue weighted by Gasteiger charge is 2.18. The number of hydrogen-bond acceptors (Lipinski definition) is 3. The summed E-state index contributed by atoms with van der Waals surface area (Å²) in [6, 6.07) is 7.05. The summed E-state index contributed by atoms with van der Waals surface area (Å²) in [6.07, 6.45) is 3.36. The van der Waals surface area contributed by atoms with E-state index in [-0.39, 0.29) is 6.61 Å². The highest BCUT2D eigenvalue weighted by Crippen LogP contribution is 2.19. The van der Waals surface area contributed by atoms with E-state index in [4.69, 9.17) is 4.18 Å². The van der Waals surface area contributed by atoms with Crippen LogP contribution in [0.15, 0.2) is 29.2 Å². The van der Waals surface area contributed by atoms with Crippen LogP contribution < -0.4 is 0 Å². The van der Waals surface area contributed by atoms with Crippen molar-refractivity contribution in [2.24, 2.45) is 0 Å². The largest absolute Gasteiger partial charge is 0.297 e. The average Bonchev–Trinajstić information content (AvgIpc) is 2.30. The fourth-order valence-electron chi connectivity index (χ4n) is 1.60. The molecule has 0 bridgehead atoms. The Kier molecular flexibility index (Phi) is 5.65. The van der Waals surface area contributed by atoms with Crippen LogP contribution in [-0.2, 0) is 20.7 Å². The van der Waals surface area contributed by atoms with E-state index in [0.717, 1.165) is 31.2 Å². The number of benzene rings is 1. The van der Waals surface area contributed by atoms with E-state index in [1.165, 1.54) is 0 Å². The van der Waals surface area contributed by atoms with Crippen LogP contribution in [0.2, 0.25) is 0 Å². The van der Waals surface area contributed by atoms with Gasteiger partial charge in [-0.2, -0.15) is 8.42 Å². The first-order valence-electron chi connectivity index (χ1n) is 6.09. The lowest BCUT2D eigenvalue weighted by atomic mass is 10.1. The molecule has 0 aliphatic carbocycles. The van der Waals surface area contributed by atoms with Crippen molar-refractivity contribution in [3.05, 3.63) is 29.8 Å². The number of rotatable bonds is 7. The van der Waals surface area contributed by atoms with Crippen molar-refractivity contribution in [1.29, 1.82) is 0 Å². The highest BCUT2D eigenvalue weighted by atomic mass is 32.2. The lowest BCUT2D eigenvalue weighted by Gasteiger charge is -2.09. The summed E-state index contributed by atoms with van der Waals surface area (Å²) in [4.78, 5) is 0.318. The average molecular weight is 256 g/mol. The van der Waals surface area contributed by atoms with Gasteiger partial charge in [-0.05, 0) is 24.5 Å². The molecule has 0 spiro atoms. The summed E-state index contributed by atoms with van der Waals surface area (Å²) in [5.74, 6) is 0. The third kappa shape index (κ3) is 4.13. The maximum absolute atomic E-state index is 12.0. The molecule has 0 atom stereocenters. The molecule has 17 heavy (non-hydrogen) atoms. The second-order valence-electron chi connectivity index (χ2n) is 3.99. The van der Waals surface area contributed by atoms with Crippen LogP contribution in [-0.4, -0.2) is 15.0 Å². The molecule has 0 amide bonds. The van der Waals surface area contributed by atoms with Gasteiger partial charge in [-0.15, -0.1) is 0 Å². The zero-order chi connectivity index (χ0) is 12.7. The molecule has 96 valence electrons. The van der Waals surface area contributed by atoms with Gasteiger partial charge in [-0.3, -0.25) is 4.18 Å². The fraction of sp³-hybridized carbons (Fsp3) is 0.538. The van der Waals surface area contributed by atoms with E-state index in [1.807, 2.05) is 26.0 Å². The molecule has 0 unspecified atom stereocenters. The van der Waals surface area contributed by atoms with Crippen molar-refractivity contribution in [2.75, 3.05) is 6.61 Å². The normalized spacial score (nSPS) is 11.6. The van der Waals surface area contributed by atoms with E-state index in [1.54, 1.807) is 12.1 Å². The summed E-state index contributed by atoms with van der Waals surface area (Å²) < 4.78 is 29.0. The minimum absolute atomic E-state index is 0.263. The second-order valence-corrected chi connectivity index (χ2v) is 5.57. The highest BCUT2D eigenvalue weighted by molar-refractivity contribution is 7.86. The van der Waals surface area contributed by atoms with Crippen LogP contribution in [0.25, 0.3) is 0 Å².